The number of rotatable bonds is 32. The van der Waals surface area contributed by atoms with Crippen LogP contribution in [0.1, 0.15) is 267 Å². The van der Waals surface area contributed by atoms with Crippen LogP contribution in [0.2, 0.25) is 0 Å². The Morgan fingerprint density at radius 3 is 0.873 bits per heavy atom. The first-order valence-electron chi connectivity index (χ1n) is 30.7. The fourth-order valence-corrected chi connectivity index (χ4v) is 6.10. The average molecular weight is 1090 g/mol. The Morgan fingerprint density at radius 2 is 0.582 bits per heavy atom. The van der Waals surface area contributed by atoms with Crippen molar-refractivity contribution >= 4 is 23.1 Å². The monoisotopic (exact) mass is 1090 g/mol. The van der Waals surface area contributed by atoms with Gasteiger partial charge in [-0.2, -0.15) is 0 Å². The lowest BCUT2D eigenvalue weighted by atomic mass is 9.79. The summed E-state index contributed by atoms with van der Waals surface area (Å²) < 4.78 is 0. The van der Waals surface area contributed by atoms with E-state index >= 15 is 0 Å². The van der Waals surface area contributed by atoms with Crippen molar-refractivity contribution in [2.24, 2.45) is 27.6 Å². The Bertz CT molecular complexity index is 1810. The van der Waals surface area contributed by atoms with Crippen molar-refractivity contribution < 1.29 is 19.2 Å². The summed E-state index contributed by atoms with van der Waals surface area (Å²) in [6.07, 6.45) is 74.1. The second-order valence-electron chi connectivity index (χ2n) is 23.3. The van der Waals surface area contributed by atoms with Gasteiger partial charge in [0, 0.05) is 46.8 Å². The van der Waals surface area contributed by atoms with Crippen LogP contribution in [0.3, 0.4) is 0 Å². The van der Waals surface area contributed by atoms with Crippen LogP contribution in [0.25, 0.3) is 0 Å². The van der Waals surface area contributed by atoms with Gasteiger partial charge in [0.1, 0.15) is 23.1 Å². The number of carbonyl (C=O) groups is 4. The fraction of sp³-hybridized carbons (Fsp3) is 0.600. The van der Waals surface area contributed by atoms with Crippen molar-refractivity contribution in [3.63, 3.8) is 0 Å². The van der Waals surface area contributed by atoms with Gasteiger partial charge in [-0.25, -0.2) is 0 Å². The summed E-state index contributed by atoms with van der Waals surface area (Å²) >= 11 is 0. The Labute approximate surface area is 492 Å². The van der Waals surface area contributed by atoms with Crippen LogP contribution in [-0.2, 0) is 19.2 Å². The molecule has 0 radical (unpaired) electrons. The molecule has 0 bridgehead atoms. The van der Waals surface area contributed by atoms with Gasteiger partial charge in [-0.15, -0.1) is 0 Å². The molecule has 0 amide bonds. The lowest BCUT2D eigenvalue weighted by Gasteiger charge is -2.23. The highest BCUT2D eigenvalue weighted by molar-refractivity contribution is 5.86. The molecule has 0 spiro atoms. The van der Waals surface area contributed by atoms with Crippen molar-refractivity contribution in [2.75, 3.05) is 0 Å². The van der Waals surface area contributed by atoms with E-state index in [0.717, 1.165) is 103 Å². The van der Waals surface area contributed by atoms with Gasteiger partial charge in [0.25, 0.3) is 0 Å². The van der Waals surface area contributed by atoms with Crippen molar-refractivity contribution in [2.45, 2.75) is 267 Å². The van der Waals surface area contributed by atoms with Gasteiger partial charge in [0.15, 0.2) is 0 Å². The molecule has 0 saturated carbocycles. The zero-order valence-electron chi connectivity index (χ0n) is 55.7. The molecule has 0 fully saturated rings. The van der Waals surface area contributed by atoms with Gasteiger partial charge < -0.3 is 0 Å². The van der Waals surface area contributed by atoms with Crippen LogP contribution in [0, 0.1) is 27.6 Å². The predicted molar refractivity (Wildman–Crippen MR) is 359 cm³/mol. The summed E-state index contributed by atoms with van der Waals surface area (Å²) in [6.45, 7) is 42.5. The van der Waals surface area contributed by atoms with Crippen LogP contribution in [0.5, 0.6) is 0 Å². The van der Waals surface area contributed by atoms with E-state index in [2.05, 4.69) is 175 Å². The molecule has 0 aliphatic carbocycles. The molecule has 0 heterocycles. The normalized spacial score (nSPS) is 12.7. The molecule has 0 aliphatic heterocycles. The molecule has 0 aromatic rings. The number of Topliss-reactive ketones (excluding diaryl/α,β-unsaturated/α-hetero) is 4. The molecule has 452 valence electrons. The first kappa shape index (κ1) is 85.6. The Hall–Kier alpha value is -4.70. The van der Waals surface area contributed by atoms with E-state index in [1.54, 1.807) is 0 Å². The number of unbranched alkanes of at least 4 members (excludes halogenated alkanes) is 1. The number of allylic oxidation sites excluding steroid dienone is 26. The van der Waals surface area contributed by atoms with Crippen molar-refractivity contribution in [1.29, 1.82) is 0 Å². The van der Waals surface area contributed by atoms with Crippen LogP contribution in [0.4, 0.5) is 0 Å². The molecule has 0 atom stereocenters. The zero-order chi connectivity index (χ0) is 61.7. The summed E-state index contributed by atoms with van der Waals surface area (Å²) in [4.78, 5) is 46.2. The molecule has 4 heteroatoms. The van der Waals surface area contributed by atoms with Gasteiger partial charge in [-0.3, -0.25) is 19.2 Å². The second kappa shape index (κ2) is 60.9. The molecule has 79 heavy (non-hydrogen) atoms. The first-order chi connectivity index (χ1) is 37.2. The zero-order valence-corrected chi connectivity index (χ0v) is 55.7. The van der Waals surface area contributed by atoms with E-state index in [-0.39, 0.29) is 27.6 Å². The topological polar surface area (TPSA) is 68.3 Å². The van der Waals surface area contributed by atoms with Crippen molar-refractivity contribution in [1.82, 2.24) is 0 Å². The molecule has 0 aromatic heterocycles. The van der Waals surface area contributed by atoms with Gasteiger partial charge in [0.05, 0.1) is 0 Å². The first-order valence-corrected chi connectivity index (χ1v) is 30.7. The summed E-state index contributed by atoms with van der Waals surface area (Å²) in [6, 6.07) is 0. The van der Waals surface area contributed by atoms with Gasteiger partial charge in [-0.05, 0) is 117 Å². The lowest BCUT2D eigenvalue weighted by molar-refractivity contribution is -0.130. The minimum Gasteiger partial charge on any atom is -0.299 e. The molecular formula is C75H128O4. The average Bonchev–Trinajstić information content (AvgIpc) is 3.38. The number of hydrogen-bond acceptors (Lipinski definition) is 4. The standard InChI is InChI=1S/C15H26O.C15H24O.C12H22O.C12H20.C11H18.C10H18O/c2*1-5-6-7-8-9-10-11-12-13-14(16)15(2,3)4;1-6-7-8-9-12(4,5)11(13)10(2)3;1-3-5-7-9-11-12-10-8-6-4-2;1-3-5-7-9-11-10-8-6-4-2;1-5-6-7-8-9(11)10(2,3)4/h6-7,9-10H,5,8,11-13H2,1-4H3;5-6,8-9,11-12H,7,10,13H2,1-4H3;7-8,10H,6,9H2,1-5H3;5-8,11-12H,3-4,9-10H2,1-2H3;3,5-6,8-9,11H,4,7,10H2,1-2H3;6-7H,5,8H2,1-4H3/b7-6-,10-9-;6-5-,9-8-,12-11-;8-7-;7-5-,8-6-,12-11-;5-3-,8-6-,11-9-;7-6-. The smallest absolute Gasteiger partial charge is 0.141 e. The Balaban J connectivity index is -0.000000204. The molecule has 0 N–H and O–H groups in total. The summed E-state index contributed by atoms with van der Waals surface area (Å²) in [5.41, 5.74) is -0.766. The van der Waals surface area contributed by atoms with Crippen LogP contribution in [-0.4, -0.2) is 23.1 Å². The molecule has 0 unspecified atom stereocenters. The highest BCUT2D eigenvalue weighted by Gasteiger charge is 2.28. The molecule has 0 saturated heterocycles. The molecule has 0 aromatic carbocycles. The fourth-order valence-electron chi connectivity index (χ4n) is 6.10. The number of carbonyl (C=O) groups excluding carboxylic acids is 4. The van der Waals surface area contributed by atoms with Gasteiger partial charge >= 0.3 is 0 Å². The van der Waals surface area contributed by atoms with Crippen LogP contribution >= 0.6 is 0 Å². The SMILES string of the molecule is C/C=C\C/C=C\C/C=C\CC.C/C=C\C/C=C\C/C=C\CC(=O)C(C)(C)C.CC/C=C\C/C=C\C/C=C\CC.CC/C=C\C/C=C\CCCC(=O)C(C)(C)C.CC/C=C\CC(=O)C(C)(C)C.CC/C=C\CC(C)(C)C(=O)C(C)C. The summed E-state index contributed by atoms with van der Waals surface area (Å²) in [5, 5.41) is 0. The van der Waals surface area contributed by atoms with E-state index in [4.69, 9.17) is 0 Å². The maximum atomic E-state index is 11.7. The Morgan fingerprint density at radius 1 is 0.329 bits per heavy atom. The van der Waals surface area contributed by atoms with E-state index in [9.17, 15) is 19.2 Å². The quantitative estimate of drug-likeness (QED) is 0.0497. The summed E-state index contributed by atoms with van der Waals surface area (Å²) in [5.74, 6) is 1.47. The second-order valence-corrected chi connectivity index (χ2v) is 23.3. The van der Waals surface area contributed by atoms with E-state index in [1.165, 1.54) is 0 Å². The minimum absolute atomic E-state index is 0.144. The van der Waals surface area contributed by atoms with Crippen molar-refractivity contribution in [3.05, 3.63) is 158 Å². The maximum absolute atomic E-state index is 11.7. The lowest BCUT2D eigenvalue weighted by Crippen LogP contribution is -2.27. The van der Waals surface area contributed by atoms with Crippen molar-refractivity contribution in [3.8, 4) is 0 Å². The third-order valence-electron chi connectivity index (χ3n) is 11.3. The molecule has 0 aliphatic rings. The summed E-state index contributed by atoms with van der Waals surface area (Å²) in [7, 11) is 0. The van der Waals surface area contributed by atoms with Gasteiger partial charge in [0.2, 0.25) is 0 Å². The molecular weight excluding hydrogens is 965 g/mol. The third-order valence-corrected chi connectivity index (χ3v) is 11.3. The van der Waals surface area contributed by atoms with Gasteiger partial charge in [-0.1, -0.05) is 290 Å². The largest absolute Gasteiger partial charge is 0.299 e. The van der Waals surface area contributed by atoms with Crippen LogP contribution in [0.15, 0.2) is 158 Å². The maximum Gasteiger partial charge on any atom is 0.141 e. The minimum atomic E-state index is -0.216. The molecule has 0 rings (SSSR count). The Kier molecular flexibility index (Phi) is 66.0. The highest BCUT2D eigenvalue weighted by Crippen LogP contribution is 2.26. The third kappa shape index (κ3) is 73.3. The number of hydrogen-bond donors (Lipinski definition) is 0. The highest BCUT2D eigenvalue weighted by atomic mass is 16.1. The van der Waals surface area contributed by atoms with Crippen LogP contribution < -0.4 is 0 Å². The van der Waals surface area contributed by atoms with E-state index in [0.29, 0.717) is 42.4 Å². The predicted octanol–water partition coefficient (Wildman–Crippen LogP) is 23.8. The molecule has 4 nitrogen and oxygen atoms in total. The van der Waals surface area contributed by atoms with E-state index in [1.807, 2.05) is 128 Å². The number of ketones is 4. The van der Waals surface area contributed by atoms with E-state index < -0.39 is 0 Å².